The molecule has 0 radical (unpaired) electrons. The summed E-state index contributed by atoms with van der Waals surface area (Å²) < 4.78 is 0.917. The SMILES string of the molecule is O=C(N/N=C\c1ccccc1Br)c1ccccn1. The Hall–Kier alpha value is -2.01. The Balaban J connectivity index is 2.00. The van der Waals surface area contributed by atoms with Crippen LogP contribution < -0.4 is 5.43 Å². The molecule has 18 heavy (non-hydrogen) atoms. The first-order valence-electron chi connectivity index (χ1n) is 5.26. The molecular weight excluding hydrogens is 294 g/mol. The second-order valence-electron chi connectivity index (χ2n) is 3.44. The molecule has 0 unspecified atom stereocenters. The molecule has 0 aliphatic heterocycles. The fourth-order valence-electron chi connectivity index (χ4n) is 1.29. The van der Waals surface area contributed by atoms with Gasteiger partial charge in [-0.25, -0.2) is 5.43 Å². The number of carbonyl (C=O) groups excluding carboxylic acids is 1. The van der Waals surface area contributed by atoms with Crippen molar-refractivity contribution in [1.29, 1.82) is 0 Å². The van der Waals surface area contributed by atoms with Gasteiger partial charge in [0.15, 0.2) is 0 Å². The van der Waals surface area contributed by atoms with Crippen molar-refractivity contribution in [2.45, 2.75) is 0 Å². The summed E-state index contributed by atoms with van der Waals surface area (Å²) in [5.41, 5.74) is 3.64. The normalized spacial score (nSPS) is 10.5. The fraction of sp³-hybridized carbons (Fsp3) is 0. The maximum Gasteiger partial charge on any atom is 0.289 e. The van der Waals surface area contributed by atoms with E-state index < -0.39 is 0 Å². The quantitative estimate of drug-likeness (QED) is 0.700. The minimum Gasteiger partial charge on any atom is -0.266 e. The van der Waals surface area contributed by atoms with Gasteiger partial charge in [-0.2, -0.15) is 5.10 Å². The van der Waals surface area contributed by atoms with Gasteiger partial charge in [0.05, 0.1) is 6.21 Å². The molecular formula is C13H10BrN3O. The van der Waals surface area contributed by atoms with Crippen molar-refractivity contribution in [2.24, 2.45) is 5.10 Å². The molecule has 0 fully saturated rings. The molecule has 0 spiro atoms. The van der Waals surface area contributed by atoms with Gasteiger partial charge < -0.3 is 0 Å². The molecule has 0 bridgehead atoms. The molecule has 0 aliphatic carbocycles. The monoisotopic (exact) mass is 303 g/mol. The predicted molar refractivity (Wildman–Crippen MR) is 73.4 cm³/mol. The third kappa shape index (κ3) is 3.24. The van der Waals surface area contributed by atoms with E-state index in [1.54, 1.807) is 30.6 Å². The average Bonchev–Trinajstić information content (AvgIpc) is 2.42. The topological polar surface area (TPSA) is 54.4 Å². The molecule has 0 saturated heterocycles. The van der Waals surface area contributed by atoms with Crippen molar-refractivity contribution in [1.82, 2.24) is 10.4 Å². The van der Waals surface area contributed by atoms with Crippen LogP contribution in [0.25, 0.3) is 0 Å². The molecule has 1 aromatic heterocycles. The highest BCUT2D eigenvalue weighted by atomic mass is 79.9. The van der Waals surface area contributed by atoms with Crippen molar-refractivity contribution in [3.8, 4) is 0 Å². The molecule has 1 N–H and O–H groups in total. The highest BCUT2D eigenvalue weighted by molar-refractivity contribution is 9.10. The molecule has 1 heterocycles. The number of pyridine rings is 1. The number of hydrazone groups is 1. The van der Waals surface area contributed by atoms with E-state index >= 15 is 0 Å². The summed E-state index contributed by atoms with van der Waals surface area (Å²) in [7, 11) is 0. The lowest BCUT2D eigenvalue weighted by atomic mass is 10.2. The Morgan fingerprint density at radius 1 is 1.22 bits per heavy atom. The number of nitrogens with zero attached hydrogens (tertiary/aromatic N) is 2. The number of benzene rings is 1. The Bertz CT molecular complexity index is 569. The van der Waals surface area contributed by atoms with E-state index in [0.717, 1.165) is 10.0 Å². The maximum atomic E-state index is 11.6. The largest absolute Gasteiger partial charge is 0.289 e. The summed E-state index contributed by atoms with van der Waals surface area (Å²) in [6.07, 6.45) is 3.14. The Labute approximate surface area is 113 Å². The standard InChI is InChI=1S/C13H10BrN3O/c14-11-6-2-1-5-10(11)9-16-17-13(18)12-7-3-4-8-15-12/h1-9H,(H,17,18)/b16-9-. The predicted octanol–water partition coefficient (Wildman–Crippen LogP) is 2.61. The van der Waals surface area contributed by atoms with Crippen LogP contribution in [-0.4, -0.2) is 17.1 Å². The van der Waals surface area contributed by atoms with Crippen molar-refractivity contribution in [3.63, 3.8) is 0 Å². The number of aromatic nitrogens is 1. The molecule has 5 heteroatoms. The third-order valence-electron chi connectivity index (χ3n) is 2.17. The zero-order valence-electron chi connectivity index (χ0n) is 9.38. The van der Waals surface area contributed by atoms with Gasteiger partial charge in [0, 0.05) is 16.2 Å². The minimum atomic E-state index is -0.334. The maximum absolute atomic E-state index is 11.6. The van der Waals surface area contributed by atoms with Crippen LogP contribution in [0, 0.1) is 0 Å². The second-order valence-corrected chi connectivity index (χ2v) is 4.29. The van der Waals surface area contributed by atoms with Crippen LogP contribution >= 0.6 is 15.9 Å². The lowest BCUT2D eigenvalue weighted by Gasteiger charge is -1.99. The Kier molecular flexibility index (Phi) is 4.20. The van der Waals surface area contributed by atoms with Crippen molar-refractivity contribution < 1.29 is 4.79 Å². The van der Waals surface area contributed by atoms with Crippen molar-refractivity contribution in [2.75, 3.05) is 0 Å². The van der Waals surface area contributed by atoms with Crippen molar-refractivity contribution in [3.05, 3.63) is 64.4 Å². The molecule has 1 amide bonds. The smallest absolute Gasteiger partial charge is 0.266 e. The van der Waals surface area contributed by atoms with E-state index in [9.17, 15) is 4.79 Å². The molecule has 2 rings (SSSR count). The van der Waals surface area contributed by atoms with Gasteiger partial charge in [0.1, 0.15) is 5.69 Å². The Morgan fingerprint density at radius 3 is 2.72 bits per heavy atom. The molecule has 0 atom stereocenters. The summed E-state index contributed by atoms with van der Waals surface area (Å²) in [5, 5.41) is 3.88. The van der Waals surface area contributed by atoms with E-state index in [0.29, 0.717) is 5.69 Å². The number of hydrogen-bond acceptors (Lipinski definition) is 3. The summed E-state index contributed by atoms with van der Waals surface area (Å²) in [6.45, 7) is 0. The second kappa shape index (κ2) is 6.07. The number of rotatable bonds is 3. The minimum absolute atomic E-state index is 0.334. The number of carbonyl (C=O) groups is 1. The van der Waals surface area contributed by atoms with Gasteiger partial charge in [0.25, 0.3) is 5.91 Å². The summed E-state index contributed by atoms with van der Waals surface area (Å²) in [4.78, 5) is 15.5. The van der Waals surface area contributed by atoms with Crippen molar-refractivity contribution >= 4 is 28.1 Å². The highest BCUT2D eigenvalue weighted by Gasteiger charge is 2.03. The third-order valence-corrected chi connectivity index (χ3v) is 2.89. The molecule has 2 aromatic rings. The van der Waals surface area contributed by atoms with Crippen LogP contribution in [0.1, 0.15) is 16.1 Å². The van der Waals surface area contributed by atoms with E-state index in [1.165, 1.54) is 0 Å². The van der Waals surface area contributed by atoms with Crippen LogP contribution in [0.4, 0.5) is 0 Å². The summed E-state index contributed by atoms with van der Waals surface area (Å²) >= 11 is 3.39. The van der Waals surface area contributed by atoms with Gasteiger partial charge in [-0.05, 0) is 18.2 Å². The lowest BCUT2D eigenvalue weighted by Crippen LogP contribution is -2.18. The first-order chi connectivity index (χ1) is 8.77. The fourth-order valence-corrected chi connectivity index (χ4v) is 1.68. The zero-order valence-corrected chi connectivity index (χ0v) is 11.0. The lowest BCUT2D eigenvalue weighted by molar-refractivity contribution is 0.0950. The van der Waals surface area contributed by atoms with Gasteiger partial charge in [0.2, 0.25) is 0 Å². The molecule has 4 nitrogen and oxygen atoms in total. The van der Waals surface area contributed by atoms with Gasteiger partial charge in [-0.3, -0.25) is 9.78 Å². The number of amides is 1. The van der Waals surface area contributed by atoms with Crippen LogP contribution in [0.15, 0.2) is 58.2 Å². The highest BCUT2D eigenvalue weighted by Crippen LogP contribution is 2.13. The number of halogens is 1. The van der Waals surface area contributed by atoms with Crippen LogP contribution in [-0.2, 0) is 0 Å². The summed E-state index contributed by atoms with van der Waals surface area (Å²) in [6, 6.07) is 12.7. The zero-order chi connectivity index (χ0) is 12.8. The van der Waals surface area contributed by atoms with Gasteiger partial charge in [-0.15, -0.1) is 0 Å². The summed E-state index contributed by atoms with van der Waals surface area (Å²) in [5.74, 6) is -0.334. The molecule has 1 aromatic carbocycles. The molecule has 90 valence electrons. The van der Waals surface area contributed by atoms with E-state index in [1.807, 2.05) is 24.3 Å². The number of hydrogen-bond donors (Lipinski definition) is 1. The van der Waals surface area contributed by atoms with Gasteiger partial charge in [-0.1, -0.05) is 40.2 Å². The average molecular weight is 304 g/mol. The van der Waals surface area contributed by atoms with E-state index in [2.05, 4.69) is 31.4 Å². The van der Waals surface area contributed by atoms with Crippen LogP contribution in [0.3, 0.4) is 0 Å². The van der Waals surface area contributed by atoms with E-state index in [-0.39, 0.29) is 5.91 Å². The number of nitrogens with one attached hydrogen (secondary N) is 1. The molecule has 0 saturated carbocycles. The first kappa shape index (κ1) is 12.4. The Morgan fingerprint density at radius 2 is 2.00 bits per heavy atom. The molecule has 0 aliphatic rings. The van der Waals surface area contributed by atoms with Gasteiger partial charge >= 0.3 is 0 Å². The van der Waals surface area contributed by atoms with Crippen LogP contribution in [0.5, 0.6) is 0 Å². The van der Waals surface area contributed by atoms with Crippen LogP contribution in [0.2, 0.25) is 0 Å². The van der Waals surface area contributed by atoms with E-state index in [4.69, 9.17) is 0 Å². The first-order valence-corrected chi connectivity index (χ1v) is 6.05.